The first-order valence-electron chi connectivity index (χ1n) is 6.22. The molecule has 0 heteroatoms. The topological polar surface area (TPSA) is 0 Å². The molecule has 0 N–H and O–H groups in total. The molecule has 0 nitrogen and oxygen atoms in total. The third-order valence-electron chi connectivity index (χ3n) is 2.46. The minimum atomic E-state index is 0.706. The largest absolute Gasteiger partial charge is 0.129 e. The average molecular weight is 194 g/mol. The summed E-state index contributed by atoms with van der Waals surface area (Å²) in [4.78, 5) is 0. The molecule has 0 heterocycles. The Morgan fingerprint density at radius 3 is 2.43 bits per heavy atom. The van der Waals surface area contributed by atoms with Crippen molar-refractivity contribution in [3.63, 3.8) is 0 Å². The van der Waals surface area contributed by atoms with Crippen LogP contribution in [0.15, 0.2) is 17.9 Å². The van der Waals surface area contributed by atoms with Crippen LogP contribution in [0.3, 0.4) is 0 Å². The summed E-state index contributed by atoms with van der Waals surface area (Å²) in [6.45, 7) is 6.77. The second-order valence-corrected chi connectivity index (χ2v) is 4.15. The predicted molar refractivity (Wildman–Crippen MR) is 65.5 cm³/mol. The van der Waals surface area contributed by atoms with Crippen LogP contribution in [-0.4, -0.2) is 0 Å². The lowest BCUT2D eigenvalue weighted by atomic mass is 10.0. The van der Waals surface area contributed by atoms with Gasteiger partial charge in [0.2, 0.25) is 0 Å². The van der Waals surface area contributed by atoms with Crippen molar-refractivity contribution in [3.05, 3.63) is 17.9 Å². The van der Waals surface area contributed by atoms with Crippen molar-refractivity contribution in [1.29, 1.82) is 0 Å². The molecule has 0 rings (SSSR count). The summed E-state index contributed by atoms with van der Waals surface area (Å²) >= 11 is 0. The smallest absolute Gasteiger partial charge is 0.0186 e. The molecule has 0 spiro atoms. The first-order chi connectivity index (χ1) is 6.81. The second-order valence-electron chi connectivity index (χ2n) is 4.15. The fraction of sp³-hybridized carbons (Fsp3) is 0.786. The van der Waals surface area contributed by atoms with E-state index in [1.165, 1.54) is 44.9 Å². The molecule has 82 valence electrons. The van der Waals surface area contributed by atoms with Crippen molar-refractivity contribution in [3.8, 4) is 0 Å². The molecule has 0 aromatic carbocycles. The average Bonchev–Trinajstić information content (AvgIpc) is 2.20. The predicted octanol–water partition coefficient (Wildman–Crippen LogP) is 5.10. The molecule has 0 saturated carbocycles. The highest BCUT2D eigenvalue weighted by Crippen LogP contribution is 2.08. The summed E-state index contributed by atoms with van der Waals surface area (Å²) in [5, 5.41) is 0. The van der Waals surface area contributed by atoms with Crippen molar-refractivity contribution in [2.75, 3.05) is 0 Å². The van der Waals surface area contributed by atoms with Gasteiger partial charge in [0.1, 0.15) is 0 Å². The molecule has 0 aliphatic heterocycles. The summed E-state index contributed by atoms with van der Waals surface area (Å²) in [7, 11) is 0. The highest BCUT2D eigenvalue weighted by atomic mass is 14.0. The first-order valence-corrected chi connectivity index (χ1v) is 6.22. The van der Waals surface area contributed by atoms with E-state index in [2.05, 4.69) is 38.7 Å². The van der Waals surface area contributed by atoms with Crippen LogP contribution in [0.25, 0.3) is 0 Å². The third-order valence-corrected chi connectivity index (χ3v) is 2.46. The van der Waals surface area contributed by atoms with E-state index in [1.54, 1.807) is 0 Å². The highest BCUT2D eigenvalue weighted by molar-refractivity contribution is 4.88. The minimum absolute atomic E-state index is 0.706. The molecule has 1 unspecified atom stereocenters. The summed E-state index contributed by atoms with van der Waals surface area (Å²) in [6, 6.07) is 0. The number of unbranched alkanes of at least 4 members (excludes halogenated alkanes) is 4. The Bertz CT molecular complexity index is 161. The van der Waals surface area contributed by atoms with Gasteiger partial charge in [-0.2, -0.15) is 0 Å². The van der Waals surface area contributed by atoms with Crippen LogP contribution in [0.5, 0.6) is 0 Å². The van der Waals surface area contributed by atoms with Crippen LogP contribution in [0.2, 0.25) is 0 Å². The van der Waals surface area contributed by atoms with E-state index in [4.69, 9.17) is 0 Å². The van der Waals surface area contributed by atoms with Crippen molar-refractivity contribution in [1.82, 2.24) is 0 Å². The number of rotatable bonds is 8. The maximum Gasteiger partial charge on any atom is -0.0186 e. The van der Waals surface area contributed by atoms with E-state index < -0.39 is 0 Å². The molecular formula is C14H26. The Morgan fingerprint density at radius 2 is 1.79 bits per heavy atom. The quantitative estimate of drug-likeness (QED) is 0.372. The molecule has 0 saturated heterocycles. The zero-order valence-electron chi connectivity index (χ0n) is 10.2. The van der Waals surface area contributed by atoms with Gasteiger partial charge in [-0.1, -0.05) is 46.5 Å². The number of hydrogen-bond donors (Lipinski definition) is 0. The molecule has 1 atom stereocenters. The molecule has 0 amide bonds. The molecule has 0 bridgehead atoms. The van der Waals surface area contributed by atoms with Crippen LogP contribution < -0.4 is 0 Å². The Kier molecular flexibility index (Phi) is 10.2. The van der Waals surface area contributed by atoms with Crippen LogP contribution in [0.1, 0.15) is 65.7 Å². The standard InChI is InChI=1S/C14H26/c1-4-6-8-9-10-11-13-14(3)12-7-5-2/h10,13-14H,4-9,12H2,1-3H3. The molecular weight excluding hydrogens is 168 g/mol. The zero-order valence-corrected chi connectivity index (χ0v) is 10.2. The Labute approximate surface area is 90.1 Å². The number of allylic oxidation sites excluding steroid dienone is 1. The van der Waals surface area contributed by atoms with E-state index >= 15 is 0 Å². The van der Waals surface area contributed by atoms with Crippen LogP contribution in [0, 0.1) is 5.92 Å². The van der Waals surface area contributed by atoms with Gasteiger partial charge >= 0.3 is 0 Å². The normalized spacial score (nSPS) is 11.9. The fourth-order valence-electron chi connectivity index (χ4n) is 1.42. The van der Waals surface area contributed by atoms with Gasteiger partial charge in [-0.05, 0) is 37.3 Å². The van der Waals surface area contributed by atoms with Gasteiger partial charge < -0.3 is 0 Å². The maximum atomic E-state index is 3.30. The Balaban J connectivity index is 3.47. The second kappa shape index (κ2) is 10.6. The Morgan fingerprint density at radius 1 is 1.07 bits per heavy atom. The van der Waals surface area contributed by atoms with Gasteiger partial charge in [0.25, 0.3) is 0 Å². The zero-order chi connectivity index (χ0) is 10.6. The van der Waals surface area contributed by atoms with Crippen LogP contribution in [0.4, 0.5) is 0 Å². The van der Waals surface area contributed by atoms with Crippen LogP contribution >= 0.6 is 0 Å². The Hall–Kier alpha value is -0.480. The monoisotopic (exact) mass is 194 g/mol. The SMILES string of the molecule is CCCCCC=C=CC(C)CCCC. The van der Waals surface area contributed by atoms with E-state index in [0.717, 1.165) is 0 Å². The lowest BCUT2D eigenvalue weighted by molar-refractivity contribution is 0.598. The minimum Gasteiger partial charge on any atom is -0.129 e. The van der Waals surface area contributed by atoms with Gasteiger partial charge in [-0.25, -0.2) is 0 Å². The van der Waals surface area contributed by atoms with E-state index in [1.807, 2.05) is 0 Å². The molecule has 0 fully saturated rings. The van der Waals surface area contributed by atoms with Gasteiger partial charge in [0, 0.05) is 0 Å². The molecule has 0 aliphatic rings. The highest BCUT2D eigenvalue weighted by Gasteiger charge is 1.93. The molecule has 0 radical (unpaired) electrons. The summed E-state index contributed by atoms with van der Waals surface area (Å²) in [5.74, 6) is 0.706. The van der Waals surface area contributed by atoms with Gasteiger partial charge in [0.05, 0.1) is 0 Å². The number of hydrogen-bond acceptors (Lipinski definition) is 0. The maximum absolute atomic E-state index is 3.30. The van der Waals surface area contributed by atoms with Crippen molar-refractivity contribution in [2.45, 2.75) is 65.7 Å². The van der Waals surface area contributed by atoms with Gasteiger partial charge in [0.15, 0.2) is 0 Å². The lowest BCUT2D eigenvalue weighted by Crippen LogP contribution is -1.87. The van der Waals surface area contributed by atoms with Crippen molar-refractivity contribution in [2.24, 2.45) is 5.92 Å². The first kappa shape index (κ1) is 13.5. The fourth-order valence-corrected chi connectivity index (χ4v) is 1.42. The summed E-state index contributed by atoms with van der Waals surface area (Å²) < 4.78 is 0. The summed E-state index contributed by atoms with van der Waals surface area (Å²) in [5.41, 5.74) is 3.30. The van der Waals surface area contributed by atoms with E-state index in [0.29, 0.717) is 5.92 Å². The van der Waals surface area contributed by atoms with E-state index in [-0.39, 0.29) is 0 Å². The van der Waals surface area contributed by atoms with Crippen molar-refractivity contribution >= 4 is 0 Å². The molecule has 0 aromatic rings. The summed E-state index contributed by atoms with van der Waals surface area (Å²) in [6.07, 6.45) is 13.6. The third kappa shape index (κ3) is 9.61. The van der Waals surface area contributed by atoms with Gasteiger partial charge in [-0.15, -0.1) is 5.73 Å². The van der Waals surface area contributed by atoms with E-state index in [9.17, 15) is 0 Å². The lowest BCUT2D eigenvalue weighted by Gasteiger charge is -2.01. The molecule has 0 aliphatic carbocycles. The van der Waals surface area contributed by atoms with Gasteiger partial charge in [-0.3, -0.25) is 0 Å². The van der Waals surface area contributed by atoms with Crippen molar-refractivity contribution < 1.29 is 0 Å². The molecule has 14 heavy (non-hydrogen) atoms. The molecule has 0 aromatic heterocycles. The van der Waals surface area contributed by atoms with Crippen LogP contribution in [-0.2, 0) is 0 Å².